The summed E-state index contributed by atoms with van der Waals surface area (Å²) >= 11 is 0. The zero-order valence-corrected chi connectivity index (χ0v) is 13.9. The van der Waals surface area contributed by atoms with E-state index in [1.807, 2.05) is 48.5 Å². The zero-order chi connectivity index (χ0) is 17.4. The maximum Gasteiger partial charge on any atom is 0.298 e. The monoisotopic (exact) mass is 332 g/mol. The quantitative estimate of drug-likeness (QED) is 0.586. The molecule has 2 heterocycles. The number of hydrogen-bond donors (Lipinski definition) is 1. The van der Waals surface area contributed by atoms with Gasteiger partial charge in [0.2, 0.25) is 0 Å². The summed E-state index contributed by atoms with van der Waals surface area (Å²) in [5.41, 5.74) is 2.58. The van der Waals surface area contributed by atoms with E-state index in [1.54, 1.807) is 20.2 Å². The Balaban J connectivity index is 1.91. The Morgan fingerprint density at radius 2 is 2.00 bits per heavy atom. The van der Waals surface area contributed by atoms with E-state index in [4.69, 9.17) is 4.74 Å². The number of nitrogens with zero attached hydrogens (tertiary/aromatic N) is 3. The van der Waals surface area contributed by atoms with Crippen molar-refractivity contribution in [3.05, 3.63) is 70.3 Å². The molecule has 6 nitrogen and oxygen atoms in total. The summed E-state index contributed by atoms with van der Waals surface area (Å²) in [5, 5.41) is 5.16. The van der Waals surface area contributed by atoms with Crippen molar-refractivity contribution in [2.24, 2.45) is 5.10 Å². The van der Waals surface area contributed by atoms with Crippen LogP contribution < -0.4 is 10.3 Å². The average molecular weight is 332 g/mol. The van der Waals surface area contributed by atoms with Crippen LogP contribution >= 0.6 is 0 Å². The van der Waals surface area contributed by atoms with E-state index in [9.17, 15) is 4.79 Å². The minimum atomic E-state index is -0.232. The van der Waals surface area contributed by atoms with Crippen LogP contribution in [0.2, 0.25) is 0 Å². The van der Waals surface area contributed by atoms with Gasteiger partial charge in [-0.2, -0.15) is 9.78 Å². The highest BCUT2D eigenvalue weighted by molar-refractivity contribution is 6.05. The summed E-state index contributed by atoms with van der Waals surface area (Å²) in [5.74, 6) is 1.24. The molecule has 4 rings (SSSR count). The molecule has 0 saturated heterocycles. The standard InChI is InChI=1S/C19H16N4O2/c1-12-21-17-15-10-14(25-2)8-9-16(15)22-18(17)19(24)23(12)20-11-13-6-4-3-5-7-13/h3-11,22H,1-2H3/b20-11+. The molecule has 0 aliphatic rings. The lowest BCUT2D eigenvalue weighted by Crippen LogP contribution is -2.20. The number of ether oxygens (including phenoxy) is 1. The van der Waals surface area contributed by atoms with Crippen LogP contribution in [-0.2, 0) is 0 Å². The molecular formula is C19H16N4O2. The van der Waals surface area contributed by atoms with Gasteiger partial charge in [-0.1, -0.05) is 30.3 Å². The molecule has 0 spiro atoms. The lowest BCUT2D eigenvalue weighted by Gasteiger charge is -2.03. The predicted molar refractivity (Wildman–Crippen MR) is 98.6 cm³/mol. The third kappa shape index (κ3) is 2.57. The molecule has 0 radical (unpaired) electrons. The number of fused-ring (bicyclic) bond motifs is 3. The highest BCUT2D eigenvalue weighted by Gasteiger charge is 2.13. The molecule has 0 saturated carbocycles. The van der Waals surface area contributed by atoms with Crippen LogP contribution in [0.25, 0.3) is 21.9 Å². The van der Waals surface area contributed by atoms with Crippen LogP contribution in [0.3, 0.4) is 0 Å². The largest absolute Gasteiger partial charge is 0.497 e. The predicted octanol–water partition coefficient (Wildman–Crippen LogP) is 3.08. The molecule has 0 aliphatic carbocycles. The molecule has 0 unspecified atom stereocenters. The summed E-state index contributed by atoms with van der Waals surface area (Å²) in [6, 6.07) is 15.2. The van der Waals surface area contributed by atoms with Gasteiger partial charge in [-0.25, -0.2) is 4.98 Å². The smallest absolute Gasteiger partial charge is 0.298 e. The first-order valence-corrected chi connectivity index (χ1v) is 7.86. The molecule has 0 fully saturated rings. The minimum absolute atomic E-state index is 0.232. The maximum atomic E-state index is 12.8. The number of hydrogen-bond acceptors (Lipinski definition) is 4. The van der Waals surface area contributed by atoms with Gasteiger partial charge in [-0.3, -0.25) is 4.79 Å². The highest BCUT2D eigenvalue weighted by atomic mass is 16.5. The van der Waals surface area contributed by atoms with E-state index in [0.717, 1.165) is 22.2 Å². The van der Waals surface area contributed by atoms with Crippen molar-refractivity contribution in [3.8, 4) is 5.75 Å². The first-order valence-electron chi connectivity index (χ1n) is 7.86. The van der Waals surface area contributed by atoms with Crippen LogP contribution in [0.1, 0.15) is 11.4 Å². The molecule has 6 heteroatoms. The molecule has 0 aliphatic heterocycles. The van der Waals surface area contributed by atoms with Crippen molar-refractivity contribution < 1.29 is 4.74 Å². The van der Waals surface area contributed by atoms with Gasteiger partial charge >= 0.3 is 0 Å². The summed E-state index contributed by atoms with van der Waals surface area (Å²) in [6.07, 6.45) is 1.65. The van der Waals surface area contributed by atoms with Crippen LogP contribution in [0, 0.1) is 6.92 Å². The van der Waals surface area contributed by atoms with E-state index < -0.39 is 0 Å². The molecule has 0 amide bonds. The number of methoxy groups -OCH3 is 1. The van der Waals surface area contributed by atoms with Gasteiger partial charge in [0.05, 0.1) is 13.3 Å². The van der Waals surface area contributed by atoms with E-state index in [0.29, 0.717) is 16.9 Å². The van der Waals surface area contributed by atoms with Crippen LogP contribution in [0.15, 0.2) is 58.4 Å². The number of benzene rings is 2. The number of aromatic amines is 1. The summed E-state index contributed by atoms with van der Waals surface area (Å²) in [6.45, 7) is 1.77. The summed E-state index contributed by atoms with van der Waals surface area (Å²) < 4.78 is 6.57. The van der Waals surface area contributed by atoms with Gasteiger partial charge in [-0.05, 0) is 30.7 Å². The Labute approximate surface area is 143 Å². The Hall–Kier alpha value is -3.41. The maximum absolute atomic E-state index is 12.8. The van der Waals surface area contributed by atoms with Crippen LogP contribution in [0.5, 0.6) is 5.75 Å². The minimum Gasteiger partial charge on any atom is -0.497 e. The van der Waals surface area contributed by atoms with Gasteiger partial charge in [0.15, 0.2) is 0 Å². The van der Waals surface area contributed by atoms with Crippen molar-refractivity contribution in [2.75, 3.05) is 7.11 Å². The molecule has 0 bridgehead atoms. The van der Waals surface area contributed by atoms with Crippen molar-refractivity contribution in [3.63, 3.8) is 0 Å². The fourth-order valence-electron chi connectivity index (χ4n) is 2.82. The van der Waals surface area contributed by atoms with Gasteiger partial charge < -0.3 is 9.72 Å². The molecule has 0 atom stereocenters. The van der Waals surface area contributed by atoms with Gasteiger partial charge in [0, 0.05) is 10.9 Å². The highest BCUT2D eigenvalue weighted by Crippen LogP contribution is 2.26. The van der Waals surface area contributed by atoms with E-state index >= 15 is 0 Å². The van der Waals surface area contributed by atoms with Crippen molar-refractivity contribution in [1.29, 1.82) is 0 Å². The first kappa shape index (κ1) is 15.1. The summed E-state index contributed by atoms with van der Waals surface area (Å²) in [4.78, 5) is 20.6. The molecule has 124 valence electrons. The fraction of sp³-hybridized carbons (Fsp3) is 0.105. The normalized spacial score (nSPS) is 11.6. The fourth-order valence-corrected chi connectivity index (χ4v) is 2.82. The third-order valence-corrected chi connectivity index (χ3v) is 4.09. The Morgan fingerprint density at radius 3 is 2.76 bits per heavy atom. The van der Waals surface area contributed by atoms with E-state index in [2.05, 4.69) is 15.1 Å². The second kappa shape index (κ2) is 5.90. The summed E-state index contributed by atoms with van der Waals surface area (Å²) in [7, 11) is 1.61. The molecule has 25 heavy (non-hydrogen) atoms. The topological polar surface area (TPSA) is 72.3 Å². The van der Waals surface area contributed by atoms with Crippen molar-refractivity contribution >= 4 is 28.2 Å². The lowest BCUT2D eigenvalue weighted by molar-refractivity contribution is 0.415. The second-order valence-corrected chi connectivity index (χ2v) is 5.69. The number of H-pyrrole nitrogens is 1. The Morgan fingerprint density at radius 1 is 1.20 bits per heavy atom. The van der Waals surface area contributed by atoms with Gasteiger partial charge in [0.1, 0.15) is 22.6 Å². The third-order valence-electron chi connectivity index (χ3n) is 4.09. The second-order valence-electron chi connectivity index (χ2n) is 5.69. The van der Waals surface area contributed by atoms with E-state index in [1.165, 1.54) is 4.68 Å². The van der Waals surface area contributed by atoms with Gasteiger partial charge in [0.25, 0.3) is 5.56 Å². The number of rotatable bonds is 3. The van der Waals surface area contributed by atoms with E-state index in [-0.39, 0.29) is 5.56 Å². The van der Waals surface area contributed by atoms with Crippen LogP contribution in [-0.4, -0.2) is 28.0 Å². The Bertz CT molecular complexity index is 1160. The first-order chi connectivity index (χ1) is 12.2. The number of aromatic nitrogens is 3. The SMILES string of the molecule is COc1ccc2[nH]c3c(=O)n(/N=C/c4ccccc4)c(C)nc3c2c1. The van der Waals surface area contributed by atoms with Gasteiger partial charge in [-0.15, -0.1) is 0 Å². The number of nitrogens with one attached hydrogen (secondary N) is 1. The molecule has 1 N–H and O–H groups in total. The zero-order valence-electron chi connectivity index (χ0n) is 13.9. The molecule has 2 aromatic carbocycles. The van der Waals surface area contributed by atoms with Crippen molar-refractivity contribution in [2.45, 2.75) is 6.92 Å². The Kier molecular flexibility index (Phi) is 3.57. The molecule has 4 aromatic rings. The molecule has 2 aromatic heterocycles. The number of aryl methyl sites for hydroxylation is 1. The van der Waals surface area contributed by atoms with Crippen LogP contribution in [0.4, 0.5) is 0 Å². The lowest BCUT2D eigenvalue weighted by atomic mass is 10.2. The average Bonchev–Trinajstić information content (AvgIpc) is 3.00. The van der Waals surface area contributed by atoms with Crippen molar-refractivity contribution in [1.82, 2.24) is 14.6 Å². The molecular weight excluding hydrogens is 316 g/mol.